The van der Waals surface area contributed by atoms with Crippen LogP contribution in [0.2, 0.25) is 5.28 Å². The van der Waals surface area contributed by atoms with Crippen LogP contribution < -0.4 is 5.32 Å². The summed E-state index contributed by atoms with van der Waals surface area (Å²) in [4.78, 5) is 16.2. The van der Waals surface area contributed by atoms with Gasteiger partial charge in [0.2, 0.25) is 11.1 Å². The molecule has 2 saturated heterocycles. The second-order valence-corrected chi connectivity index (χ2v) is 4.97. The number of hydrogen-bond donors (Lipinski definition) is 1. The molecule has 1 N–H and O–H groups in total. The molecule has 3 rings (SSSR count). The van der Waals surface area contributed by atoms with E-state index in [9.17, 15) is 10.1 Å². The summed E-state index contributed by atoms with van der Waals surface area (Å²) in [6.45, 7) is 1.83. The standard InChI is InChI=1S/C10H13ClN6O4/c11-8-12-1-2-15(8)7-16-6-10(20-3-4-21-10)5-13-9(16)14-17(18)19/h1-2H,3-7H2,(H,13,14). The van der Waals surface area contributed by atoms with Crippen molar-refractivity contribution in [2.75, 3.05) is 26.3 Å². The van der Waals surface area contributed by atoms with Crippen LogP contribution in [0.15, 0.2) is 17.5 Å². The summed E-state index contributed by atoms with van der Waals surface area (Å²) in [6, 6.07) is 0. The Hall–Kier alpha value is -1.91. The van der Waals surface area contributed by atoms with Crippen molar-refractivity contribution in [2.24, 2.45) is 5.10 Å². The van der Waals surface area contributed by atoms with Gasteiger partial charge >= 0.3 is 0 Å². The van der Waals surface area contributed by atoms with Crippen molar-refractivity contribution in [1.82, 2.24) is 19.8 Å². The first-order valence-corrected chi connectivity index (χ1v) is 6.62. The molecule has 0 bridgehead atoms. The average Bonchev–Trinajstić information content (AvgIpc) is 3.04. The zero-order valence-corrected chi connectivity index (χ0v) is 11.7. The van der Waals surface area contributed by atoms with Crippen molar-refractivity contribution in [2.45, 2.75) is 12.5 Å². The highest BCUT2D eigenvalue weighted by atomic mass is 35.5. The van der Waals surface area contributed by atoms with Gasteiger partial charge in [-0.05, 0) is 11.6 Å². The minimum atomic E-state index is -0.817. The number of imidazole rings is 1. The quantitative estimate of drug-likeness (QED) is 0.602. The number of nitrogens with one attached hydrogen (secondary N) is 1. The SMILES string of the molecule is O=[N+]([O-])/N=C1\NCC2(CN1Cn1ccnc1Cl)OCCO2. The Morgan fingerprint density at radius 2 is 2.33 bits per heavy atom. The van der Waals surface area contributed by atoms with E-state index in [0.717, 1.165) is 0 Å². The smallest absolute Gasteiger partial charge is 0.273 e. The first-order chi connectivity index (χ1) is 10.1. The van der Waals surface area contributed by atoms with Crippen molar-refractivity contribution < 1.29 is 14.5 Å². The first-order valence-electron chi connectivity index (χ1n) is 6.24. The van der Waals surface area contributed by atoms with Crippen LogP contribution in [0, 0.1) is 10.1 Å². The summed E-state index contributed by atoms with van der Waals surface area (Å²) in [6.07, 6.45) is 3.21. The summed E-state index contributed by atoms with van der Waals surface area (Å²) in [5.41, 5.74) is 0. The molecule has 0 unspecified atom stereocenters. The lowest BCUT2D eigenvalue weighted by atomic mass is 10.2. The number of aromatic nitrogens is 2. The summed E-state index contributed by atoms with van der Waals surface area (Å²) in [5, 5.41) is 16.4. The van der Waals surface area contributed by atoms with Gasteiger partial charge in [0.05, 0.1) is 26.3 Å². The van der Waals surface area contributed by atoms with Crippen molar-refractivity contribution in [3.05, 3.63) is 27.8 Å². The normalized spacial score (nSPS) is 22.7. The number of hydrogen-bond acceptors (Lipinski definition) is 5. The Bertz CT molecular complexity index is 570. The van der Waals surface area contributed by atoms with E-state index in [4.69, 9.17) is 21.1 Å². The number of ether oxygens (including phenoxy) is 2. The van der Waals surface area contributed by atoms with E-state index in [2.05, 4.69) is 15.4 Å². The summed E-state index contributed by atoms with van der Waals surface area (Å²) in [5.74, 6) is -0.683. The van der Waals surface area contributed by atoms with Crippen molar-refractivity contribution in [3.63, 3.8) is 0 Å². The van der Waals surface area contributed by atoms with Gasteiger partial charge in [-0.3, -0.25) is 0 Å². The fraction of sp³-hybridized carbons (Fsp3) is 0.600. The number of rotatable bonds is 3. The van der Waals surface area contributed by atoms with Gasteiger partial charge < -0.3 is 24.3 Å². The summed E-state index contributed by atoms with van der Waals surface area (Å²) in [7, 11) is 0. The molecule has 2 aliphatic rings. The molecular weight excluding hydrogens is 304 g/mol. The molecule has 1 spiro atoms. The number of hydrazone groups is 1. The van der Waals surface area contributed by atoms with Crippen LogP contribution in [0.25, 0.3) is 0 Å². The fourth-order valence-corrected chi connectivity index (χ4v) is 2.50. The maximum atomic E-state index is 10.6. The van der Waals surface area contributed by atoms with Crippen LogP contribution >= 0.6 is 11.6 Å². The predicted octanol–water partition coefficient (Wildman–Crippen LogP) is -0.310. The number of halogens is 1. The highest BCUT2D eigenvalue weighted by Crippen LogP contribution is 2.24. The van der Waals surface area contributed by atoms with E-state index in [0.29, 0.717) is 26.3 Å². The highest BCUT2D eigenvalue weighted by molar-refractivity contribution is 6.28. The molecule has 0 amide bonds. The largest absolute Gasteiger partial charge is 0.345 e. The number of nitrogens with zero attached hydrogens (tertiary/aromatic N) is 5. The van der Waals surface area contributed by atoms with Gasteiger partial charge in [-0.25, -0.2) is 15.1 Å². The van der Waals surface area contributed by atoms with Gasteiger partial charge in [0.1, 0.15) is 11.8 Å². The number of nitro groups is 1. The molecule has 21 heavy (non-hydrogen) atoms. The topological polar surface area (TPSA) is 107 Å². The van der Waals surface area contributed by atoms with Gasteiger partial charge in [-0.15, -0.1) is 0 Å². The van der Waals surface area contributed by atoms with E-state index in [1.54, 1.807) is 21.9 Å². The van der Waals surface area contributed by atoms with E-state index in [1.165, 1.54) is 0 Å². The van der Waals surface area contributed by atoms with Gasteiger partial charge in [0, 0.05) is 12.4 Å². The second-order valence-electron chi connectivity index (χ2n) is 4.63. The van der Waals surface area contributed by atoms with E-state index >= 15 is 0 Å². The minimum absolute atomic E-state index is 0.134. The van der Waals surface area contributed by atoms with Crippen LogP contribution in [-0.4, -0.2) is 57.5 Å². The third kappa shape index (κ3) is 2.91. The molecule has 1 aromatic rings. The Labute approximate surface area is 124 Å². The lowest BCUT2D eigenvalue weighted by molar-refractivity contribution is -0.486. The van der Waals surface area contributed by atoms with Crippen molar-refractivity contribution in [1.29, 1.82) is 0 Å². The lowest BCUT2D eigenvalue weighted by Gasteiger charge is -2.39. The van der Waals surface area contributed by atoms with Crippen molar-refractivity contribution in [3.8, 4) is 0 Å². The zero-order valence-electron chi connectivity index (χ0n) is 10.9. The molecule has 3 heterocycles. The molecule has 0 saturated carbocycles. The molecule has 0 aromatic carbocycles. The molecule has 11 heteroatoms. The Morgan fingerprint density at radius 3 is 2.95 bits per heavy atom. The molecule has 114 valence electrons. The van der Waals surface area contributed by atoms with Crippen LogP contribution in [0.1, 0.15) is 0 Å². The van der Waals surface area contributed by atoms with Crippen LogP contribution in [0.3, 0.4) is 0 Å². The average molecular weight is 317 g/mol. The van der Waals surface area contributed by atoms with Gasteiger partial charge in [-0.1, -0.05) is 0 Å². The monoisotopic (exact) mass is 316 g/mol. The molecule has 2 aliphatic heterocycles. The van der Waals surface area contributed by atoms with Gasteiger partial charge in [-0.2, -0.15) is 0 Å². The highest BCUT2D eigenvalue weighted by Gasteiger charge is 2.43. The molecule has 2 fully saturated rings. The molecule has 0 radical (unpaired) electrons. The second kappa shape index (κ2) is 5.47. The predicted molar refractivity (Wildman–Crippen MR) is 71.0 cm³/mol. The first kappa shape index (κ1) is 14.0. The van der Waals surface area contributed by atoms with Gasteiger partial charge in [0.15, 0.2) is 5.03 Å². The maximum absolute atomic E-state index is 10.6. The van der Waals surface area contributed by atoms with Crippen LogP contribution in [0.4, 0.5) is 0 Å². The summed E-state index contributed by atoms with van der Waals surface area (Å²) >= 11 is 5.93. The Kier molecular flexibility index (Phi) is 3.66. The van der Waals surface area contributed by atoms with E-state index < -0.39 is 10.8 Å². The molecule has 1 aromatic heterocycles. The van der Waals surface area contributed by atoms with E-state index in [-0.39, 0.29) is 17.9 Å². The van der Waals surface area contributed by atoms with Crippen molar-refractivity contribution >= 4 is 17.6 Å². The Balaban J connectivity index is 1.82. The third-order valence-electron chi connectivity index (χ3n) is 3.22. The summed E-state index contributed by atoms with van der Waals surface area (Å²) < 4.78 is 12.8. The minimum Gasteiger partial charge on any atom is -0.345 e. The molecular formula is C10H13ClN6O4. The third-order valence-corrected chi connectivity index (χ3v) is 3.54. The Morgan fingerprint density at radius 1 is 1.57 bits per heavy atom. The van der Waals surface area contributed by atoms with E-state index in [1.807, 2.05) is 0 Å². The van der Waals surface area contributed by atoms with Crippen LogP contribution in [-0.2, 0) is 16.1 Å². The molecule has 0 atom stereocenters. The maximum Gasteiger partial charge on any atom is 0.273 e. The fourth-order valence-electron chi connectivity index (χ4n) is 2.33. The molecule has 0 aliphatic carbocycles. The van der Waals surface area contributed by atoms with Gasteiger partial charge in [0.25, 0.3) is 5.96 Å². The number of guanidine groups is 1. The lowest BCUT2D eigenvalue weighted by Crippen LogP contribution is -2.62. The molecule has 10 nitrogen and oxygen atoms in total. The van der Waals surface area contributed by atoms with Crippen LogP contribution in [0.5, 0.6) is 0 Å². The zero-order chi connectivity index (χ0) is 14.9.